The van der Waals surface area contributed by atoms with Crippen molar-refractivity contribution in [2.75, 3.05) is 13.1 Å². The normalized spacial score (nSPS) is 19.2. The maximum atomic E-state index is 11.2. The summed E-state index contributed by atoms with van der Waals surface area (Å²) in [5, 5.41) is 1.70. The molecule has 0 atom stereocenters. The van der Waals surface area contributed by atoms with E-state index in [-0.39, 0.29) is 11.4 Å². The van der Waals surface area contributed by atoms with E-state index in [1.165, 1.54) is 0 Å². The lowest BCUT2D eigenvalue weighted by Gasteiger charge is -2.31. The highest BCUT2D eigenvalue weighted by Gasteiger charge is 2.27. The van der Waals surface area contributed by atoms with Crippen LogP contribution < -0.4 is 0 Å². The third-order valence-electron chi connectivity index (χ3n) is 1.64. The van der Waals surface area contributed by atoms with E-state index in [1.54, 1.807) is 5.06 Å². The minimum atomic E-state index is -0.379. The number of hydrogen-bond donors (Lipinski definition) is 0. The number of rotatable bonds is 1. The summed E-state index contributed by atoms with van der Waals surface area (Å²) in [6, 6.07) is 0. The minimum Gasteiger partial charge on any atom is -0.367 e. The molecule has 3 nitrogen and oxygen atoms in total. The SMILES string of the molecule is CC(C)(C)C(=O)ON1CCC1. The van der Waals surface area contributed by atoms with Gasteiger partial charge in [-0.05, 0) is 27.2 Å². The maximum Gasteiger partial charge on any atom is 0.330 e. The fourth-order valence-electron chi connectivity index (χ4n) is 0.633. The van der Waals surface area contributed by atoms with Crippen molar-refractivity contribution in [1.29, 1.82) is 0 Å². The van der Waals surface area contributed by atoms with E-state index < -0.39 is 0 Å². The Morgan fingerprint density at radius 1 is 1.36 bits per heavy atom. The van der Waals surface area contributed by atoms with Crippen molar-refractivity contribution in [3.8, 4) is 0 Å². The Kier molecular flexibility index (Phi) is 2.18. The van der Waals surface area contributed by atoms with Gasteiger partial charge in [0.25, 0.3) is 0 Å². The second kappa shape index (κ2) is 2.81. The lowest BCUT2D eigenvalue weighted by molar-refractivity contribution is -0.216. The summed E-state index contributed by atoms with van der Waals surface area (Å²) in [5.41, 5.74) is -0.379. The predicted molar refractivity (Wildman–Crippen MR) is 41.7 cm³/mol. The van der Waals surface area contributed by atoms with Crippen molar-refractivity contribution >= 4 is 5.97 Å². The topological polar surface area (TPSA) is 29.5 Å². The molecule has 0 unspecified atom stereocenters. The molecule has 0 aromatic carbocycles. The first-order valence-electron chi connectivity index (χ1n) is 3.97. The number of hydrogen-bond acceptors (Lipinski definition) is 3. The van der Waals surface area contributed by atoms with Gasteiger partial charge in [-0.1, -0.05) is 0 Å². The van der Waals surface area contributed by atoms with Crippen LogP contribution in [0.4, 0.5) is 0 Å². The Morgan fingerprint density at radius 3 is 2.18 bits per heavy atom. The lowest BCUT2D eigenvalue weighted by atomic mass is 9.98. The van der Waals surface area contributed by atoms with E-state index in [0.717, 1.165) is 19.5 Å². The van der Waals surface area contributed by atoms with E-state index in [9.17, 15) is 4.79 Å². The molecule has 64 valence electrons. The molecular weight excluding hydrogens is 142 g/mol. The van der Waals surface area contributed by atoms with Gasteiger partial charge in [0.2, 0.25) is 0 Å². The molecule has 1 aliphatic heterocycles. The molecule has 0 N–H and O–H groups in total. The molecule has 1 aliphatic rings. The van der Waals surface area contributed by atoms with Gasteiger partial charge in [0, 0.05) is 13.1 Å². The standard InChI is InChI=1S/C8H15NO2/c1-8(2,3)7(10)11-9-5-4-6-9/h4-6H2,1-3H3. The van der Waals surface area contributed by atoms with Crippen LogP contribution in [0.3, 0.4) is 0 Å². The van der Waals surface area contributed by atoms with E-state index in [2.05, 4.69) is 0 Å². The van der Waals surface area contributed by atoms with Crippen molar-refractivity contribution in [3.05, 3.63) is 0 Å². The van der Waals surface area contributed by atoms with Crippen molar-refractivity contribution in [1.82, 2.24) is 5.06 Å². The average Bonchev–Trinajstić information content (AvgIpc) is 1.75. The van der Waals surface area contributed by atoms with Gasteiger partial charge in [-0.2, -0.15) is 0 Å². The van der Waals surface area contributed by atoms with Crippen LogP contribution in [0, 0.1) is 5.41 Å². The van der Waals surface area contributed by atoms with Gasteiger partial charge in [-0.3, -0.25) is 0 Å². The van der Waals surface area contributed by atoms with Crippen LogP contribution in [0.1, 0.15) is 27.2 Å². The number of nitrogens with zero attached hydrogens (tertiary/aromatic N) is 1. The van der Waals surface area contributed by atoms with Crippen LogP contribution in [0.15, 0.2) is 0 Å². The highest BCUT2D eigenvalue weighted by molar-refractivity contribution is 5.75. The van der Waals surface area contributed by atoms with Crippen LogP contribution in [-0.4, -0.2) is 24.1 Å². The fraction of sp³-hybridized carbons (Fsp3) is 0.875. The van der Waals surface area contributed by atoms with E-state index in [4.69, 9.17) is 4.84 Å². The molecule has 0 spiro atoms. The molecule has 1 heterocycles. The first-order chi connectivity index (χ1) is 5.00. The van der Waals surface area contributed by atoms with Crippen molar-refractivity contribution < 1.29 is 9.63 Å². The molecular formula is C8H15NO2. The van der Waals surface area contributed by atoms with E-state index >= 15 is 0 Å². The highest BCUT2D eigenvalue weighted by Crippen LogP contribution is 2.18. The lowest BCUT2D eigenvalue weighted by Crippen LogP contribution is -2.41. The number of carbonyl (C=O) groups excluding carboxylic acids is 1. The van der Waals surface area contributed by atoms with Gasteiger partial charge in [-0.15, -0.1) is 5.06 Å². The third kappa shape index (κ3) is 2.19. The smallest absolute Gasteiger partial charge is 0.330 e. The Balaban J connectivity index is 2.30. The van der Waals surface area contributed by atoms with Crippen molar-refractivity contribution in [2.24, 2.45) is 5.41 Å². The first-order valence-corrected chi connectivity index (χ1v) is 3.97. The predicted octanol–water partition coefficient (Wildman–Crippen LogP) is 1.20. The quantitative estimate of drug-likeness (QED) is 0.572. The van der Waals surface area contributed by atoms with Crippen molar-refractivity contribution in [2.45, 2.75) is 27.2 Å². The average molecular weight is 157 g/mol. The zero-order chi connectivity index (χ0) is 8.48. The fourth-order valence-corrected chi connectivity index (χ4v) is 0.633. The zero-order valence-corrected chi connectivity index (χ0v) is 7.39. The second-order valence-electron chi connectivity index (χ2n) is 3.91. The van der Waals surface area contributed by atoms with Gasteiger partial charge in [0.1, 0.15) is 0 Å². The molecule has 1 fully saturated rings. The molecule has 0 aromatic heterocycles. The molecule has 0 amide bonds. The molecule has 0 bridgehead atoms. The first kappa shape index (κ1) is 8.53. The van der Waals surface area contributed by atoms with Gasteiger partial charge < -0.3 is 4.84 Å². The zero-order valence-electron chi connectivity index (χ0n) is 7.39. The van der Waals surface area contributed by atoms with Gasteiger partial charge >= 0.3 is 5.97 Å². The summed E-state index contributed by atoms with van der Waals surface area (Å²) in [6.07, 6.45) is 1.14. The van der Waals surface area contributed by atoms with Gasteiger partial charge in [0.05, 0.1) is 5.41 Å². The second-order valence-corrected chi connectivity index (χ2v) is 3.91. The van der Waals surface area contributed by atoms with E-state index in [1.807, 2.05) is 20.8 Å². The molecule has 0 saturated carbocycles. The number of hydroxylamine groups is 2. The summed E-state index contributed by atoms with van der Waals surface area (Å²) in [7, 11) is 0. The molecule has 0 radical (unpaired) electrons. The summed E-state index contributed by atoms with van der Waals surface area (Å²) in [5.74, 6) is -0.141. The van der Waals surface area contributed by atoms with Crippen molar-refractivity contribution in [3.63, 3.8) is 0 Å². The van der Waals surface area contributed by atoms with Crippen LogP contribution in [0.25, 0.3) is 0 Å². The molecule has 1 rings (SSSR count). The highest BCUT2D eigenvalue weighted by atomic mass is 16.7. The van der Waals surface area contributed by atoms with Crippen LogP contribution in [0.5, 0.6) is 0 Å². The number of carbonyl (C=O) groups is 1. The summed E-state index contributed by atoms with van der Waals surface area (Å²) < 4.78 is 0. The summed E-state index contributed by atoms with van der Waals surface area (Å²) in [6.45, 7) is 7.35. The summed E-state index contributed by atoms with van der Waals surface area (Å²) >= 11 is 0. The van der Waals surface area contributed by atoms with Gasteiger partial charge in [-0.25, -0.2) is 4.79 Å². The maximum absolute atomic E-state index is 11.2. The van der Waals surface area contributed by atoms with Crippen LogP contribution >= 0.6 is 0 Å². The Hall–Kier alpha value is -0.570. The molecule has 1 saturated heterocycles. The van der Waals surface area contributed by atoms with Crippen LogP contribution in [-0.2, 0) is 9.63 Å². The molecule has 3 heteroatoms. The molecule has 0 aliphatic carbocycles. The Labute approximate surface area is 67.3 Å². The minimum absolute atomic E-state index is 0.141. The Bertz CT molecular complexity index is 156. The largest absolute Gasteiger partial charge is 0.367 e. The van der Waals surface area contributed by atoms with Crippen LogP contribution in [0.2, 0.25) is 0 Å². The monoisotopic (exact) mass is 157 g/mol. The summed E-state index contributed by atoms with van der Waals surface area (Å²) in [4.78, 5) is 16.2. The van der Waals surface area contributed by atoms with Gasteiger partial charge in [0.15, 0.2) is 0 Å². The molecule has 11 heavy (non-hydrogen) atoms. The Morgan fingerprint density at radius 2 is 1.91 bits per heavy atom. The third-order valence-corrected chi connectivity index (χ3v) is 1.64. The van der Waals surface area contributed by atoms with E-state index in [0.29, 0.717) is 0 Å². The molecule has 0 aromatic rings.